The van der Waals surface area contributed by atoms with Crippen LogP contribution in [0.5, 0.6) is 11.5 Å². The van der Waals surface area contributed by atoms with Gasteiger partial charge in [0.1, 0.15) is 11.5 Å². The molecule has 1 aromatic carbocycles. The number of guanidine groups is 1. The molecule has 0 bridgehead atoms. The van der Waals surface area contributed by atoms with Crippen molar-refractivity contribution in [1.29, 1.82) is 0 Å². The fourth-order valence-corrected chi connectivity index (χ4v) is 5.65. The van der Waals surface area contributed by atoms with Gasteiger partial charge in [-0.25, -0.2) is 17.7 Å². The average Bonchev–Trinajstić information content (AvgIpc) is 3.50. The highest BCUT2D eigenvalue weighted by Crippen LogP contribution is 2.43. The zero-order valence-corrected chi connectivity index (χ0v) is 24.8. The number of rotatable bonds is 12. The van der Waals surface area contributed by atoms with E-state index in [2.05, 4.69) is 20.2 Å². The van der Waals surface area contributed by atoms with Gasteiger partial charge in [0.2, 0.25) is 16.0 Å². The van der Waals surface area contributed by atoms with Crippen molar-refractivity contribution in [3.63, 3.8) is 0 Å². The molecule has 1 amide bonds. The van der Waals surface area contributed by atoms with Gasteiger partial charge in [0.05, 0.1) is 44.3 Å². The second-order valence-corrected chi connectivity index (χ2v) is 12.5. The van der Waals surface area contributed by atoms with E-state index in [1.165, 1.54) is 24.6 Å². The van der Waals surface area contributed by atoms with Gasteiger partial charge < -0.3 is 14.2 Å². The van der Waals surface area contributed by atoms with Crippen molar-refractivity contribution in [2.24, 2.45) is 9.98 Å². The van der Waals surface area contributed by atoms with Crippen LogP contribution in [0.1, 0.15) is 28.8 Å². The number of hydrogen-bond donors (Lipinski definition) is 1. The van der Waals surface area contributed by atoms with Crippen LogP contribution < -0.4 is 14.8 Å². The van der Waals surface area contributed by atoms with Gasteiger partial charge >= 0.3 is 0 Å². The lowest BCUT2D eigenvalue weighted by molar-refractivity contribution is 0.0357. The number of aromatic nitrogens is 1. The molecule has 0 radical (unpaired) electrons. The summed E-state index contributed by atoms with van der Waals surface area (Å²) in [5, 5.41) is 2.90. The van der Waals surface area contributed by atoms with Crippen LogP contribution >= 0.6 is 0 Å². The van der Waals surface area contributed by atoms with Gasteiger partial charge in [-0.05, 0) is 37.1 Å². The van der Waals surface area contributed by atoms with E-state index in [0.29, 0.717) is 54.2 Å². The summed E-state index contributed by atoms with van der Waals surface area (Å²) in [7, 11) is -0.345. The Morgan fingerprint density at radius 1 is 1.10 bits per heavy atom. The van der Waals surface area contributed by atoms with Gasteiger partial charge in [-0.2, -0.15) is 0 Å². The monoisotopic (exact) mass is 599 g/mol. The van der Waals surface area contributed by atoms with Crippen LogP contribution in [-0.2, 0) is 14.8 Å². The van der Waals surface area contributed by atoms with E-state index in [1.54, 1.807) is 18.3 Å². The Labute approximate surface area is 246 Å². The zero-order valence-electron chi connectivity index (χ0n) is 24.0. The minimum absolute atomic E-state index is 0.0546. The highest BCUT2D eigenvalue weighted by Gasteiger charge is 2.33. The Bertz CT molecular complexity index is 1430. The second-order valence-electron chi connectivity index (χ2n) is 10.2. The topological polar surface area (TPSA) is 138 Å². The van der Waals surface area contributed by atoms with Crippen LogP contribution in [0, 0.1) is 0 Å². The zero-order chi connectivity index (χ0) is 29.5. The first-order valence-corrected chi connectivity index (χ1v) is 15.7. The fourth-order valence-electron chi connectivity index (χ4n) is 4.81. The molecule has 42 heavy (non-hydrogen) atoms. The smallest absolute Gasteiger partial charge is 0.259 e. The molecule has 0 saturated carbocycles. The van der Waals surface area contributed by atoms with E-state index < -0.39 is 10.0 Å². The van der Waals surface area contributed by atoms with Gasteiger partial charge in [0.15, 0.2) is 11.5 Å². The molecule has 4 heterocycles. The largest absolute Gasteiger partial charge is 0.490 e. The van der Waals surface area contributed by atoms with E-state index >= 15 is 0 Å². The molecule has 3 aliphatic heterocycles. The van der Waals surface area contributed by atoms with Gasteiger partial charge in [-0.15, -0.1) is 0 Å². The Hall–Kier alpha value is -3.59. The molecule has 5 rings (SSSR count). The van der Waals surface area contributed by atoms with Crippen LogP contribution in [-0.4, -0.2) is 124 Å². The van der Waals surface area contributed by atoms with Crippen molar-refractivity contribution >= 4 is 33.4 Å². The molecule has 0 unspecified atom stereocenters. The third-order valence-corrected chi connectivity index (χ3v) is 9.05. The van der Waals surface area contributed by atoms with Crippen molar-refractivity contribution in [3.05, 3.63) is 47.8 Å². The van der Waals surface area contributed by atoms with Crippen molar-refractivity contribution < 1.29 is 27.4 Å². The fraction of sp³-hybridized carbons (Fsp3) is 0.500. The van der Waals surface area contributed by atoms with E-state index in [-0.39, 0.29) is 24.7 Å². The number of carbonyl (C=O) groups excluding carboxylic acids is 1. The summed E-state index contributed by atoms with van der Waals surface area (Å²) in [6.07, 6.45) is 4.19. The first-order chi connectivity index (χ1) is 20.3. The maximum absolute atomic E-state index is 13.0. The molecule has 1 N–H and O–H groups in total. The number of hydrogen-bond acceptors (Lipinski definition) is 11. The molecule has 0 atom stereocenters. The Morgan fingerprint density at radius 2 is 1.90 bits per heavy atom. The van der Waals surface area contributed by atoms with E-state index in [4.69, 9.17) is 19.2 Å². The number of amides is 1. The lowest BCUT2D eigenvalue weighted by Gasteiger charge is -2.29. The van der Waals surface area contributed by atoms with Crippen LogP contribution in [0.2, 0.25) is 0 Å². The summed E-state index contributed by atoms with van der Waals surface area (Å²) in [4.78, 5) is 30.8. The third kappa shape index (κ3) is 7.06. The Morgan fingerprint density at radius 3 is 2.67 bits per heavy atom. The summed E-state index contributed by atoms with van der Waals surface area (Å²) in [6, 6.07) is 7.11. The number of carbonyl (C=O) groups is 1. The minimum Gasteiger partial charge on any atom is -0.490 e. The van der Waals surface area contributed by atoms with E-state index in [1.807, 2.05) is 17.0 Å². The number of nitrogens with one attached hydrogen (secondary N) is 1. The molecule has 14 heteroatoms. The minimum atomic E-state index is -3.37. The molecular formula is C28H37N7O6S. The molecule has 1 saturated heterocycles. The Kier molecular flexibility index (Phi) is 9.67. The van der Waals surface area contributed by atoms with Crippen LogP contribution in [0.3, 0.4) is 0 Å². The first kappa shape index (κ1) is 29.9. The highest BCUT2D eigenvalue weighted by atomic mass is 32.2. The molecule has 226 valence electrons. The first-order valence-electron chi connectivity index (χ1n) is 14.1. The normalized spacial score (nSPS) is 16.9. The number of fused-ring (bicyclic) bond motifs is 3. The SMILES string of the molecule is CN(C)S(=O)(=O)CCCOc1c(OCCCN2CCOCC2)ccc2c1N=C(NC(=O)c1cccnc1)N1CCN=C21. The van der Waals surface area contributed by atoms with Crippen molar-refractivity contribution in [2.45, 2.75) is 12.8 Å². The maximum atomic E-state index is 13.0. The molecule has 1 fully saturated rings. The van der Waals surface area contributed by atoms with Gasteiger partial charge in [-0.1, -0.05) is 0 Å². The lowest BCUT2D eigenvalue weighted by Crippen LogP contribution is -2.47. The molecule has 2 aromatic rings. The van der Waals surface area contributed by atoms with Gasteiger partial charge in [0, 0.05) is 58.2 Å². The number of amidine groups is 1. The molecule has 0 aliphatic carbocycles. The highest BCUT2D eigenvalue weighted by molar-refractivity contribution is 7.89. The number of morpholine rings is 1. The predicted molar refractivity (Wildman–Crippen MR) is 158 cm³/mol. The van der Waals surface area contributed by atoms with Crippen LogP contribution in [0.25, 0.3) is 0 Å². The lowest BCUT2D eigenvalue weighted by atomic mass is 10.1. The van der Waals surface area contributed by atoms with Crippen molar-refractivity contribution in [2.75, 3.05) is 79.0 Å². The summed E-state index contributed by atoms with van der Waals surface area (Å²) < 4.78 is 43.6. The maximum Gasteiger partial charge on any atom is 0.259 e. The summed E-state index contributed by atoms with van der Waals surface area (Å²) in [6.45, 7) is 5.90. The molecular weight excluding hydrogens is 562 g/mol. The standard InChI is InChI=1S/C28H37N7O6S/c1-33(2)42(37,38)19-5-16-41-25-23(40-15-4-11-34-13-17-39-18-14-34)8-7-22-24(25)31-28(35-12-10-30-26(22)35)32-27(36)21-6-3-9-29-20-21/h3,6-9,20H,4-5,10-19H2,1-2H3,(H,31,32,36). The third-order valence-electron chi connectivity index (χ3n) is 7.13. The van der Waals surface area contributed by atoms with Crippen molar-refractivity contribution in [1.82, 2.24) is 24.4 Å². The number of pyridine rings is 1. The van der Waals surface area contributed by atoms with E-state index in [9.17, 15) is 13.2 Å². The Balaban J connectivity index is 1.39. The van der Waals surface area contributed by atoms with Gasteiger partial charge in [-0.3, -0.25) is 29.9 Å². The number of aliphatic imine (C=N–C) groups is 2. The second kappa shape index (κ2) is 13.6. The summed E-state index contributed by atoms with van der Waals surface area (Å²) >= 11 is 0. The van der Waals surface area contributed by atoms with Crippen molar-refractivity contribution in [3.8, 4) is 11.5 Å². The summed E-state index contributed by atoms with van der Waals surface area (Å²) in [5.41, 5.74) is 1.64. The molecule has 0 spiro atoms. The molecule has 3 aliphatic rings. The van der Waals surface area contributed by atoms with Crippen LogP contribution in [0.4, 0.5) is 5.69 Å². The van der Waals surface area contributed by atoms with Crippen LogP contribution in [0.15, 0.2) is 46.6 Å². The predicted octanol–water partition coefficient (Wildman–Crippen LogP) is 1.34. The number of sulfonamides is 1. The number of benzene rings is 1. The number of ether oxygens (including phenoxy) is 3. The average molecular weight is 600 g/mol. The summed E-state index contributed by atoms with van der Waals surface area (Å²) in [5.74, 6) is 1.50. The van der Waals surface area contributed by atoms with E-state index in [0.717, 1.165) is 44.8 Å². The quantitative estimate of drug-likeness (QED) is 0.358. The molecule has 1 aromatic heterocycles. The number of nitrogens with zero attached hydrogens (tertiary/aromatic N) is 6. The molecule has 13 nitrogen and oxygen atoms in total. The van der Waals surface area contributed by atoms with Gasteiger partial charge in [0.25, 0.3) is 5.91 Å².